The molecule has 1 aromatic rings. The summed E-state index contributed by atoms with van der Waals surface area (Å²) in [6.07, 6.45) is -3.45. The first-order chi connectivity index (χ1) is 9.26. The number of hydrogen-bond donors (Lipinski definition) is 1. The number of hydrogen-bond acceptors (Lipinski definition) is 3. The Balaban J connectivity index is 1.96. The van der Waals surface area contributed by atoms with Crippen LogP contribution in [0.15, 0.2) is 24.3 Å². The zero-order valence-corrected chi connectivity index (χ0v) is 11.6. The summed E-state index contributed by atoms with van der Waals surface area (Å²) in [4.78, 5) is 0. The van der Waals surface area contributed by atoms with Gasteiger partial charge in [-0.3, -0.25) is 0 Å². The summed E-state index contributed by atoms with van der Waals surface area (Å²) < 4.78 is 61.3. The standard InChI is InChI=1S/C13H16F3NO2S/c14-13(15,16)11-3-1-2-10(8-11)5-7-20(18,19)9-12-4-6-17-12/h1-3,8,12,17H,4-7,9H2. The average Bonchev–Trinajstić information content (AvgIpc) is 2.31. The fourth-order valence-corrected chi connectivity index (χ4v) is 3.67. The van der Waals surface area contributed by atoms with Crippen LogP contribution in [-0.4, -0.2) is 32.5 Å². The van der Waals surface area contributed by atoms with Gasteiger partial charge in [-0.15, -0.1) is 0 Å². The summed E-state index contributed by atoms with van der Waals surface area (Å²) in [5.41, 5.74) is -0.349. The minimum absolute atomic E-state index is 0.00140. The van der Waals surface area contributed by atoms with Crippen LogP contribution in [0.5, 0.6) is 0 Å². The highest BCUT2D eigenvalue weighted by Crippen LogP contribution is 2.29. The zero-order valence-electron chi connectivity index (χ0n) is 10.8. The van der Waals surface area contributed by atoms with Gasteiger partial charge in [0.2, 0.25) is 0 Å². The summed E-state index contributed by atoms with van der Waals surface area (Å²) in [7, 11) is -3.23. The van der Waals surface area contributed by atoms with Gasteiger partial charge in [0, 0.05) is 6.04 Å². The molecule has 1 aliphatic heterocycles. The second-order valence-electron chi connectivity index (χ2n) is 5.00. The van der Waals surface area contributed by atoms with Gasteiger partial charge in [-0.1, -0.05) is 18.2 Å². The van der Waals surface area contributed by atoms with Crippen molar-refractivity contribution in [1.29, 1.82) is 0 Å². The van der Waals surface area contributed by atoms with Crippen LogP contribution in [0.2, 0.25) is 0 Å². The van der Waals surface area contributed by atoms with Crippen molar-refractivity contribution in [3.63, 3.8) is 0 Å². The monoisotopic (exact) mass is 307 g/mol. The third-order valence-corrected chi connectivity index (χ3v) is 5.07. The first-order valence-electron chi connectivity index (χ1n) is 6.36. The first-order valence-corrected chi connectivity index (χ1v) is 8.18. The van der Waals surface area contributed by atoms with E-state index in [0.29, 0.717) is 5.56 Å². The predicted molar refractivity (Wildman–Crippen MR) is 70.2 cm³/mol. The van der Waals surface area contributed by atoms with Gasteiger partial charge in [0.25, 0.3) is 0 Å². The Hall–Kier alpha value is -1.08. The van der Waals surface area contributed by atoms with Crippen molar-refractivity contribution in [1.82, 2.24) is 5.32 Å². The van der Waals surface area contributed by atoms with E-state index in [0.717, 1.165) is 25.1 Å². The molecule has 112 valence electrons. The van der Waals surface area contributed by atoms with Gasteiger partial charge in [-0.05, 0) is 31.0 Å². The molecule has 1 saturated heterocycles. The maximum Gasteiger partial charge on any atom is 0.416 e. The predicted octanol–water partition coefficient (Wildman–Crippen LogP) is 2.02. The Labute approximate surface area is 116 Å². The minimum atomic E-state index is -4.40. The van der Waals surface area contributed by atoms with E-state index in [1.165, 1.54) is 12.1 Å². The molecule has 0 amide bonds. The molecule has 0 aromatic heterocycles. The Kier molecular flexibility index (Phi) is 4.39. The van der Waals surface area contributed by atoms with E-state index < -0.39 is 21.6 Å². The summed E-state index contributed by atoms with van der Waals surface area (Å²) >= 11 is 0. The summed E-state index contributed by atoms with van der Waals surface area (Å²) in [5.74, 6) is -0.0571. The van der Waals surface area contributed by atoms with E-state index in [2.05, 4.69) is 5.32 Å². The van der Waals surface area contributed by atoms with Gasteiger partial charge in [0.15, 0.2) is 9.84 Å². The number of alkyl halides is 3. The molecule has 0 bridgehead atoms. The van der Waals surface area contributed by atoms with Gasteiger partial charge in [0.1, 0.15) is 0 Å². The Morgan fingerprint density at radius 3 is 2.55 bits per heavy atom. The zero-order chi connectivity index (χ0) is 14.8. The highest BCUT2D eigenvalue weighted by molar-refractivity contribution is 7.91. The molecule has 20 heavy (non-hydrogen) atoms. The molecular formula is C13H16F3NO2S. The molecule has 1 aromatic carbocycles. The molecule has 0 radical (unpaired) electrons. The fourth-order valence-electron chi connectivity index (χ4n) is 2.06. The molecule has 1 atom stereocenters. The van der Waals surface area contributed by atoms with E-state index in [-0.39, 0.29) is 24.0 Å². The van der Waals surface area contributed by atoms with Crippen LogP contribution >= 0.6 is 0 Å². The van der Waals surface area contributed by atoms with Crippen molar-refractivity contribution in [2.45, 2.75) is 25.1 Å². The lowest BCUT2D eigenvalue weighted by molar-refractivity contribution is -0.137. The molecule has 2 rings (SSSR count). The lowest BCUT2D eigenvalue weighted by Crippen LogP contribution is -2.47. The van der Waals surface area contributed by atoms with Crippen molar-refractivity contribution < 1.29 is 21.6 Å². The molecule has 1 aliphatic rings. The van der Waals surface area contributed by atoms with Gasteiger partial charge in [0.05, 0.1) is 17.1 Å². The lowest BCUT2D eigenvalue weighted by Gasteiger charge is -2.27. The number of rotatable bonds is 5. The Morgan fingerprint density at radius 1 is 1.30 bits per heavy atom. The second-order valence-corrected chi connectivity index (χ2v) is 7.23. The van der Waals surface area contributed by atoms with Crippen molar-refractivity contribution in [2.75, 3.05) is 18.1 Å². The van der Waals surface area contributed by atoms with Crippen LogP contribution in [0.4, 0.5) is 13.2 Å². The largest absolute Gasteiger partial charge is 0.416 e. The van der Waals surface area contributed by atoms with E-state index in [9.17, 15) is 21.6 Å². The number of benzene rings is 1. The topological polar surface area (TPSA) is 46.2 Å². The SMILES string of the molecule is O=S(=O)(CCc1cccc(C(F)(F)F)c1)CC1CCN1. The summed E-state index contributed by atoms with van der Waals surface area (Å²) in [5, 5.41) is 3.00. The van der Waals surface area contributed by atoms with E-state index in [1.54, 1.807) is 0 Å². The maximum atomic E-state index is 12.5. The van der Waals surface area contributed by atoms with Crippen molar-refractivity contribution in [3.05, 3.63) is 35.4 Å². The fraction of sp³-hybridized carbons (Fsp3) is 0.538. The third-order valence-electron chi connectivity index (χ3n) is 3.34. The van der Waals surface area contributed by atoms with E-state index in [1.807, 2.05) is 0 Å². The summed E-state index contributed by atoms with van der Waals surface area (Å²) in [6.45, 7) is 0.827. The van der Waals surface area contributed by atoms with Gasteiger partial charge < -0.3 is 5.32 Å². The molecule has 0 saturated carbocycles. The third kappa shape index (κ3) is 4.21. The van der Waals surface area contributed by atoms with Crippen molar-refractivity contribution >= 4 is 9.84 Å². The molecule has 3 nitrogen and oxygen atoms in total. The quantitative estimate of drug-likeness (QED) is 0.905. The van der Waals surface area contributed by atoms with Crippen molar-refractivity contribution in [3.8, 4) is 0 Å². The molecule has 1 N–H and O–H groups in total. The highest BCUT2D eigenvalue weighted by Gasteiger charge is 2.30. The molecular weight excluding hydrogens is 291 g/mol. The van der Waals surface area contributed by atoms with Gasteiger partial charge >= 0.3 is 6.18 Å². The van der Waals surface area contributed by atoms with Crippen LogP contribution in [0.3, 0.4) is 0 Å². The molecule has 1 heterocycles. The van der Waals surface area contributed by atoms with Gasteiger partial charge in [-0.2, -0.15) is 13.2 Å². The van der Waals surface area contributed by atoms with Crippen LogP contribution in [0.25, 0.3) is 0 Å². The molecule has 1 unspecified atom stereocenters. The van der Waals surface area contributed by atoms with Crippen LogP contribution in [0.1, 0.15) is 17.5 Å². The first kappa shape index (κ1) is 15.3. The minimum Gasteiger partial charge on any atom is -0.313 e. The van der Waals surface area contributed by atoms with Crippen LogP contribution < -0.4 is 5.32 Å². The molecule has 7 heteroatoms. The number of nitrogens with one attached hydrogen (secondary N) is 1. The van der Waals surface area contributed by atoms with Crippen LogP contribution in [0, 0.1) is 0 Å². The second kappa shape index (κ2) is 5.73. The lowest BCUT2D eigenvalue weighted by atomic mass is 10.1. The van der Waals surface area contributed by atoms with E-state index >= 15 is 0 Å². The number of aryl methyl sites for hydroxylation is 1. The number of halogens is 3. The summed E-state index contributed by atoms with van der Waals surface area (Å²) in [6, 6.07) is 4.82. The van der Waals surface area contributed by atoms with Gasteiger partial charge in [-0.25, -0.2) is 8.42 Å². The Morgan fingerprint density at radius 2 is 2.00 bits per heavy atom. The van der Waals surface area contributed by atoms with Crippen LogP contribution in [-0.2, 0) is 22.4 Å². The smallest absolute Gasteiger partial charge is 0.313 e. The van der Waals surface area contributed by atoms with E-state index in [4.69, 9.17) is 0 Å². The molecule has 0 aliphatic carbocycles. The van der Waals surface area contributed by atoms with Crippen molar-refractivity contribution in [2.24, 2.45) is 0 Å². The molecule has 0 spiro atoms. The molecule has 1 fully saturated rings. The highest BCUT2D eigenvalue weighted by atomic mass is 32.2. The average molecular weight is 307 g/mol. The Bertz CT molecular complexity index is 565. The number of sulfone groups is 1. The normalized spacial score (nSPS) is 19.6. The maximum absolute atomic E-state index is 12.5.